The van der Waals surface area contributed by atoms with Crippen LogP contribution in [-0.2, 0) is 16.8 Å². The molecule has 0 bridgehead atoms. The van der Waals surface area contributed by atoms with E-state index >= 15 is 0 Å². The highest BCUT2D eigenvalue weighted by molar-refractivity contribution is 7.87. The number of likely N-dealkylation sites (tertiary alicyclic amines) is 1. The summed E-state index contributed by atoms with van der Waals surface area (Å²) < 4.78 is 32.3. The molecule has 9 heteroatoms. The zero-order valence-electron chi connectivity index (χ0n) is 13.9. The van der Waals surface area contributed by atoms with E-state index in [2.05, 4.69) is 14.6 Å². The van der Waals surface area contributed by atoms with Gasteiger partial charge in [-0.05, 0) is 25.8 Å². The van der Waals surface area contributed by atoms with Crippen LogP contribution in [0.5, 0.6) is 0 Å². The van der Waals surface area contributed by atoms with Crippen molar-refractivity contribution < 1.29 is 17.9 Å². The molecule has 0 spiro atoms. The summed E-state index contributed by atoms with van der Waals surface area (Å²) in [6.45, 7) is 4.05. The summed E-state index contributed by atoms with van der Waals surface area (Å²) in [7, 11) is -0.601. The Hall–Kier alpha value is -1.00. The van der Waals surface area contributed by atoms with Crippen molar-refractivity contribution in [2.45, 2.75) is 38.3 Å². The molecule has 0 saturated carbocycles. The summed E-state index contributed by atoms with van der Waals surface area (Å²) in [5, 5.41) is 10.7. The van der Waals surface area contributed by atoms with Crippen LogP contribution < -0.4 is 4.72 Å². The Morgan fingerprint density at radius 1 is 1.43 bits per heavy atom. The van der Waals surface area contributed by atoms with E-state index in [-0.39, 0.29) is 6.54 Å². The van der Waals surface area contributed by atoms with Gasteiger partial charge in [0.05, 0.1) is 11.3 Å². The van der Waals surface area contributed by atoms with Gasteiger partial charge in [-0.1, -0.05) is 0 Å². The Morgan fingerprint density at radius 3 is 2.78 bits per heavy atom. The molecule has 2 N–H and O–H groups in total. The van der Waals surface area contributed by atoms with Crippen molar-refractivity contribution in [3.63, 3.8) is 0 Å². The number of nitrogens with one attached hydrogen (secondary N) is 1. The third-order valence-electron chi connectivity index (χ3n) is 4.13. The van der Waals surface area contributed by atoms with Crippen molar-refractivity contribution in [2.24, 2.45) is 0 Å². The molecule has 1 fully saturated rings. The molecule has 132 valence electrons. The Bertz CT molecular complexity index is 616. The second-order valence-electron chi connectivity index (χ2n) is 6.32. The monoisotopic (exact) mass is 346 g/mol. The number of hydrogen-bond donors (Lipinski definition) is 2. The molecular weight excluding hydrogens is 320 g/mol. The van der Waals surface area contributed by atoms with Crippen molar-refractivity contribution in [2.75, 3.05) is 33.7 Å². The van der Waals surface area contributed by atoms with Crippen LogP contribution in [0.15, 0.2) is 10.7 Å². The van der Waals surface area contributed by atoms with E-state index in [9.17, 15) is 13.5 Å². The van der Waals surface area contributed by atoms with Gasteiger partial charge in [-0.3, -0.25) is 4.90 Å². The van der Waals surface area contributed by atoms with Gasteiger partial charge in [0.2, 0.25) is 0 Å². The van der Waals surface area contributed by atoms with Crippen LogP contribution in [0.1, 0.15) is 30.8 Å². The minimum absolute atomic E-state index is 0.0322. The molecule has 23 heavy (non-hydrogen) atoms. The molecule has 1 saturated heterocycles. The average molecular weight is 346 g/mol. The summed E-state index contributed by atoms with van der Waals surface area (Å²) in [6.07, 6.45) is 3.53. The molecule has 0 radical (unpaired) electrons. The molecule has 2 heterocycles. The van der Waals surface area contributed by atoms with Gasteiger partial charge in [0.15, 0.2) is 5.89 Å². The normalized spacial score (nSPS) is 24.0. The minimum Gasteiger partial charge on any atom is -0.449 e. The van der Waals surface area contributed by atoms with Crippen molar-refractivity contribution >= 4 is 10.2 Å². The zero-order valence-corrected chi connectivity index (χ0v) is 14.8. The third kappa shape index (κ3) is 5.25. The van der Waals surface area contributed by atoms with Gasteiger partial charge in [0.25, 0.3) is 10.2 Å². The summed E-state index contributed by atoms with van der Waals surface area (Å²) in [5.74, 6) is 0.643. The fraction of sp³-hybridized carbons (Fsp3) is 0.786. The first kappa shape index (κ1) is 18.3. The minimum atomic E-state index is -3.52. The van der Waals surface area contributed by atoms with E-state index in [0.717, 1.165) is 23.0 Å². The molecule has 0 aromatic carbocycles. The summed E-state index contributed by atoms with van der Waals surface area (Å²) >= 11 is 0. The maximum atomic E-state index is 11.8. The second-order valence-corrected chi connectivity index (χ2v) is 8.29. The molecule has 1 aliphatic rings. The quantitative estimate of drug-likeness (QED) is 0.758. The predicted octanol–water partition coefficient (Wildman–Crippen LogP) is 0.0960. The number of aliphatic hydroxyl groups is 1. The van der Waals surface area contributed by atoms with E-state index in [4.69, 9.17) is 4.42 Å². The number of aryl methyl sites for hydroxylation is 1. The summed E-state index contributed by atoms with van der Waals surface area (Å²) in [6, 6.07) is 0. The van der Waals surface area contributed by atoms with E-state index < -0.39 is 15.8 Å². The van der Waals surface area contributed by atoms with Crippen molar-refractivity contribution in [1.29, 1.82) is 0 Å². The summed E-state index contributed by atoms with van der Waals surface area (Å²) in [4.78, 5) is 6.50. The molecule has 8 nitrogen and oxygen atoms in total. The Balaban J connectivity index is 1.89. The number of rotatable bonds is 6. The van der Waals surface area contributed by atoms with Crippen molar-refractivity contribution in [3.8, 4) is 0 Å². The van der Waals surface area contributed by atoms with Crippen LogP contribution in [0.25, 0.3) is 0 Å². The lowest BCUT2D eigenvalue weighted by molar-refractivity contribution is 0.0302. The topological polar surface area (TPSA) is 98.9 Å². The van der Waals surface area contributed by atoms with E-state index in [1.54, 1.807) is 6.26 Å². The highest BCUT2D eigenvalue weighted by Crippen LogP contribution is 2.23. The van der Waals surface area contributed by atoms with Crippen LogP contribution >= 0.6 is 0 Å². The molecule has 1 aromatic rings. The van der Waals surface area contributed by atoms with Gasteiger partial charge in [-0.15, -0.1) is 0 Å². The SMILES string of the molecule is Cc1nc(CN2CCC[C@](O)(CNS(=O)(=O)N(C)C)CC2)co1. The van der Waals surface area contributed by atoms with E-state index in [1.807, 2.05) is 6.92 Å². The predicted molar refractivity (Wildman–Crippen MR) is 85.9 cm³/mol. The van der Waals surface area contributed by atoms with E-state index in [1.165, 1.54) is 14.1 Å². The van der Waals surface area contributed by atoms with Crippen molar-refractivity contribution in [3.05, 3.63) is 17.8 Å². The lowest BCUT2D eigenvalue weighted by atomic mass is 9.95. The number of aromatic nitrogens is 1. The first-order valence-electron chi connectivity index (χ1n) is 7.73. The number of hydrogen-bond acceptors (Lipinski definition) is 6. The second kappa shape index (κ2) is 7.27. The van der Waals surface area contributed by atoms with Gasteiger partial charge in [0, 0.05) is 40.7 Å². The lowest BCUT2D eigenvalue weighted by Gasteiger charge is -2.27. The molecule has 2 rings (SSSR count). The van der Waals surface area contributed by atoms with Gasteiger partial charge < -0.3 is 9.52 Å². The van der Waals surface area contributed by atoms with Crippen LogP contribution in [0, 0.1) is 6.92 Å². The molecule has 0 amide bonds. The molecule has 1 atom stereocenters. The Labute approximate surface area is 137 Å². The number of oxazole rings is 1. The molecule has 1 aromatic heterocycles. The van der Waals surface area contributed by atoms with Gasteiger partial charge in [-0.25, -0.2) is 4.98 Å². The zero-order chi connectivity index (χ0) is 17.1. The third-order valence-corrected chi connectivity index (χ3v) is 5.60. The van der Waals surface area contributed by atoms with Gasteiger partial charge >= 0.3 is 0 Å². The maximum absolute atomic E-state index is 11.8. The first-order valence-corrected chi connectivity index (χ1v) is 9.17. The van der Waals surface area contributed by atoms with Crippen LogP contribution in [0.4, 0.5) is 0 Å². The molecule has 1 aliphatic heterocycles. The summed E-state index contributed by atoms with van der Waals surface area (Å²) in [5.41, 5.74) is -0.140. The molecule has 0 unspecified atom stereocenters. The van der Waals surface area contributed by atoms with E-state index in [0.29, 0.717) is 31.8 Å². The maximum Gasteiger partial charge on any atom is 0.279 e. The largest absolute Gasteiger partial charge is 0.449 e. The number of nitrogens with zero attached hydrogens (tertiary/aromatic N) is 3. The van der Waals surface area contributed by atoms with Crippen molar-refractivity contribution in [1.82, 2.24) is 18.9 Å². The average Bonchev–Trinajstić information content (AvgIpc) is 2.78. The fourth-order valence-corrected chi connectivity index (χ4v) is 3.34. The van der Waals surface area contributed by atoms with Gasteiger partial charge in [-0.2, -0.15) is 17.4 Å². The first-order chi connectivity index (χ1) is 10.7. The molecular formula is C14H26N4O4S. The molecule has 0 aliphatic carbocycles. The van der Waals surface area contributed by atoms with Gasteiger partial charge in [0.1, 0.15) is 6.26 Å². The highest BCUT2D eigenvalue weighted by Gasteiger charge is 2.32. The lowest BCUT2D eigenvalue weighted by Crippen LogP contribution is -2.46. The van der Waals surface area contributed by atoms with Crippen LogP contribution in [0.2, 0.25) is 0 Å². The smallest absolute Gasteiger partial charge is 0.279 e. The van der Waals surface area contributed by atoms with Crippen LogP contribution in [-0.4, -0.2) is 67.0 Å². The fourth-order valence-electron chi connectivity index (χ4n) is 2.63. The Morgan fingerprint density at radius 2 is 2.17 bits per heavy atom. The standard InChI is InChI=1S/C14H26N4O4S/c1-12-16-13(10-22-12)9-18-7-4-5-14(19,6-8-18)11-15-23(20,21)17(2)3/h10,15,19H,4-9,11H2,1-3H3/t14-/m1/s1. The highest BCUT2D eigenvalue weighted by atomic mass is 32.2. The van der Waals surface area contributed by atoms with Crippen LogP contribution in [0.3, 0.4) is 0 Å². The Kier molecular flexibility index (Phi) is 5.79.